The molecule has 4 aliphatic rings. The third-order valence-electron chi connectivity index (χ3n) is 8.87. The van der Waals surface area contributed by atoms with Crippen LogP contribution in [0.2, 0.25) is 0 Å². The lowest BCUT2D eigenvalue weighted by atomic mass is 9.47. The first-order valence-electron chi connectivity index (χ1n) is 10.9. The van der Waals surface area contributed by atoms with Crippen LogP contribution in [-0.2, 0) is 14.3 Å². The van der Waals surface area contributed by atoms with Gasteiger partial charge in [-0.15, -0.1) is 0 Å². The Morgan fingerprint density at radius 3 is 2.78 bits per heavy atom. The van der Waals surface area contributed by atoms with Gasteiger partial charge >= 0.3 is 5.97 Å². The molecular weight excluding hydrogens is 336 g/mol. The summed E-state index contributed by atoms with van der Waals surface area (Å²) in [6, 6.07) is 0. The van der Waals surface area contributed by atoms with E-state index < -0.39 is 5.97 Å². The van der Waals surface area contributed by atoms with Crippen molar-refractivity contribution in [3.63, 3.8) is 0 Å². The largest absolute Gasteiger partial charge is 0.456 e. The number of fused-ring (bicyclic) bond motifs is 5. The van der Waals surface area contributed by atoms with Crippen molar-refractivity contribution in [1.82, 2.24) is 0 Å². The van der Waals surface area contributed by atoms with Gasteiger partial charge in [-0.1, -0.05) is 44.6 Å². The number of hydrogen-bond donors (Lipinski definition) is 0. The quantitative estimate of drug-likeness (QED) is 0.385. The van der Waals surface area contributed by atoms with E-state index in [0.29, 0.717) is 17.3 Å². The maximum atomic E-state index is 12.8. The van der Waals surface area contributed by atoms with Crippen molar-refractivity contribution in [3.05, 3.63) is 24.3 Å². The van der Waals surface area contributed by atoms with Crippen LogP contribution in [0.3, 0.4) is 0 Å². The smallest absolute Gasteiger partial charge is 0.375 e. The van der Waals surface area contributed by atoms with Crippen molar-refractivity contribution in [2.45, 2.75) is 71.6 Å². The van der Waals surface area contributed by atoms with Crippen molar-refractivity contribution < 1.29 is 14.3 Å². The van der Waals surface area contributed by atoms with Crippen LogP contribution in [0, 0.1) is 34.5 Å². The Bertz CT molecular complexity index is 677. The summed E-state index contributed by atoms with van der Waals surface area (Å²) in [6.45, 7) is 8.48. The Morgan fingerprint density at radius 1 is 1.19 bits per heavy atom. The van der Waals surface area contributed by atoms with E-state index in [-0.39, 0.29) is 23.7 Å². The number of carbonyl (C=O) groups excluding carboxylic acids is 2. The van der Waals surface area contributed by atoms with Crippen molar-refractivity contribution in [3.8, 4) is 0 Å². The summed E-state index contributed by atoms with van der Waals surface area (Å²) < 4.78 is 5.07. The average Bonchev–Trinajstić information content (AvgIpc) is 3.02. The zero-order valence-electron chi connectivity index (χ0n) is 17.0. The van der Waals surface area contributed by atoms with Crippen molar-refractivity contribution in [2.75, 3.05) is 6.61 Å². The lowest BCUT2D eigenvalue weighted by molar-refractivity contribution is -0.157. The van der Waals surface area contributed by atoms with Crippen LogP contribution in [-0.4, -0.2) is 18.4 Å². The molecule has 6 atom stereocenters. The highest BCUT2D eigenvalue weighted by atomic mass is 16.5. The van der Waals surface area contributed by atoms with E-state index in [0.717, 1.165) is 25.2 Å². The molecule has 148 valence electrons. The number of ether oxygens (including phenoxy) is 1. The molecule has 0 heterocycles. The normalized spacial score (nSPS) is 43.0. The highest BCUT2D eigenvalue weighted by Crippen LogP contribution is 2.66. The van der Waals surface area contributed by atoms with Crippen LogP contribution in [0.25, 0.3) is 0 Å². The minimum atomic E-state index is -0.658. The summed E-state index contributed by atoms with van der Waals surface area (Å²) in [4.78, 5) is 25.0. The predicted octanol–water partition coefficient (Wildman–Crippen LogP) is 5.25. The zero-order valence-corrected chi connectivity index (χ0v) is 17.0. The third kappa shape index (κ3) is 2.84. The highest BCUT2D eigenvalue weighted by molar-refractivity contribution is 6.34. The highest BCUT2D eigenvalue weighted by Gasteiger charge is 2.60. The van der Waals surface area contributed by atoms with E-state index in [1.807, 2.05) is 0 Å². The van der Waals surface area contributed by atoms with Gasteiger partial charge in [-0.05, 0) is 80.0 Å². The second-order valence-electron chi connectivity index (χ2n) is 9.89. The minimum absolute atomic E-state index is 0.0399. The van der Waals surface area contributed by atoms with Crippen LogP contribution >= 0.6 is 0 Å². The molecule has 3 heteroatoms. The Hall–Kier alpha value is -1.38. The molecule has 0 amide bonds. The lowest BCUT2D eigenvalue weighted by Gasteiger charge is -2.57. The fourth-order valence-electron chi connectivity index (χ4n) is 7.48. The molecule has 0 unspecified atom stereocenters. The van der Waals surface area contributed by atoms with E-state index in [9.17, 15) is 9.59 Å². The monoisotopic (exact) mass is 370 g/mol. The maximum absolute atomic E-state index is 12.8. The Labute approximate surface area is 163 Å². The minimum Gasteiger partial charge on any atom is -0.456 e. The number of allylic oxidation sites excluding steroid dienone is 2. The Balaban J connectivity index is 1.56. The maximum Gasteiger partial charge on any atom is 0.375 e. The van der Waals surface area contributed by atoms with Crippen LogP contribution in [0.15, 0.2) is 24.3 Å². The van der Waals surface area contributed by atoms with Crippen molar-refractivity contribution >= 4 is 11.8 Å². The molecule has 3 nitrogen and oxygen atoms in total. The summed E-state index contributed by atoms with van der Waals surface area (Å²) in [7, 11) is 0. The van der Waals surface area contributed by atoms with Gasteiger partial charge in [0.2, 0.25) is 5.78 Å². The number of esters is 1. The number of Topliss-reactive ketones (excluding diaryl/α,β-unsaturated/α-hetero) is 1. The summed E-state index contributed by atoms with van der Waals surface area (Å²) in [6.07, 6.45) is 14.8. The average molecular weight is 371 g/mol. The molecule has 4 aliphatic carbocycles. The van der Waals surface area contributed by atoms with Gasteiger partial charge in [-0.25, -0.2) is 4.79 Å². The van der Waals surface area contributed by atoms with Gasteiger partial charge in [0, 0.05) is 5.92 Å². The fourth-order valence-corrected chi connectivity index (χ4v) is 7.48. The zero-order chi connectivity index (χ0) is 19.2. The van der Waals surface area contributed by atoms with E-state index >= 15 is 0 Å². The Morgan fingerprint density at radius 2 is 2.00 bits per heavy atom. The first-order valence-corrected chi connectivity index (χ1v) is 10.9. The second kappa shape index (κ2) is 6.90. The van der Waals surface area contributed by atoms with Gasteiger partial charge in [0.25, 0.3) is 0 Å². The van der Waals surface area contributed by atoms with Gasteiger partial charge < -0.3 is 4.74 Å². The molecule has 0 aromatic rings. The van der Waals surface area contributed by atoms with Gasteiger partial charge in [0.05, 0.1) is 0 Å². The number of carbonyl (C=O) groups is 2. The van der Waals surface area contributed by atoms with Gasteiger partial charge in [-0.2, -0.15) is 0 Å². The van der Waals surface area contributed by atoms with E-state index in [1.54, 1.807) is 5.57 Å². The number of ketones is 1. The topological polar surface area (TPSA) is 43.4 Å². The third-order valence-corrected chi connectivity index (χ3v) is 8.87. The molecule has 3 fully saturated rings. The number of rotatable bonds is 4. The predicted molar refractivity (Wildman–Crippen MR) is 106 cm³/mol. The Kier molecular flexibility index (Phi) is 4.84. The fraction of sp³-hybridized carbons (Fsp3) is 0.750. The molecule has 0 aromatic heterocycles. The summed E-state index contributed by atoms with van der Waals surface area (Å²) in [5, 5.41) is 0. The molecule has 0 aromatic carbocycles. The SMILES string of the molecule is C=CCOC(=O)C(=O)[C@H]1CC[C@H]2[C@@H]3CC=C4CCCC[C@]4(C)[C@H]3CC[C@]12C. The molecule has 0 bridgehead atoms. The molecule has 4 rings (SSSR count). The van der Waals surface area contributed by atoms with Gasteiger partial charge in [0.15, 0.2) is 0 Å². The van der Waals surface area contributed by atoms with Crippen molar-refractivity contribution in [1.29, 1.82) is 0 Å². The summed E-state index contributed by atoms with van der Waals surface area (Å²) >= 11 is 0. The molecule has 0 aliphatic heterocycles. The van der Waals surface area contributed by atoms with Gasteiger partial charge in [-0.3, -0.25) is 4.79 Å². The molecule has 0 radical (unpaired) electrons. The first kappa shape index (κ1) is 19.0. The van der Waals surface area contributed by atoms with Crippen LogP contribution in [0.4, 0.5) is 0 Å². The van der Waals surface area contributed by atoms with E-state index in [1.165, 1.54) is 44.6 Å². The standard InChI is InChI=1S/C24H34O3/c1-4-15-27-22(26)21(25)20-11-10-18-17-9-8-16-7-5-6-13-23(16,2)19(17)12-14-24(18,20)3/h4,8,17-20H,1,5-7,9-15H2,2-3H3/t17-,18-,19-,20+,23-,24-/m0/s1. The van der Waals surface area contributed by atoms with Gasteiger partial charge in [0.1, 0.15) is 6.61 Å². The number of hydrogen-bond acceptors (Lipinski definition) is 3. The van der Waals surface area contributed by atoms with Crippen LogP contribution < -0.4 is 0 Å². The molecule has 0 N–H and O–H groups in total. The molecular formula is C24H34O3. The molecule has 27 heavy (non-hydrogen) atoms. The van der Waals surface area contributed by atoms with Crippen LogP contribution in [0.1, 0.15) is 71.6 Å². The van der Waals surface area contributed by atoms with E-state index in [2.05, 4.69) is 26.5 Å². The second-order valence-corrected chi connectivity index (χ2v) is 9.89. The van der Waals surface area contributed by atoms with Crippen LogP contribution in [0.5, 0.6) is 0 Å². The van der Waals surface area contributed by atoms with E-state index in [4.69, 9.17) is 4.74 Å². The summed E-state index contributed by atoms with van der Waals surface area (Å²) in [5.74, 6) is 0.888. The summed E-state index contributed by atoms with van der Waals surface area (Å²) in [5.41, 5.74) is 2.06. The van der Waals surface area contributed by atoms with Crippen molar-refractivity contribution in [2.24, 2.45) is 34.5 Å². The molecule has 0 saturated heterocycles. The molecule has 3 saturated carbocycles. The molecule has 0 spiro atoms. The lowest BCUT2D eigenvalue weighted by Crippen LogP contribution is -2.50. The first-order chi connectivity index (χ1) is 12.9.